The van der Waals surface area contributed by atoms with E-state index in [0.29, 0.717) is 6.04 Å². The van der Waals surface area contributed by atoms with E-state index in [9.17, 15) is 9.18 Å². The number of hydrogen-bond donors (Lipinski definition) is 1. The average molecular weight is 410 g/mol. The first-order chi connectivity index (χ1) is 14.1. The molecule has 0 bridgehead atoms. The summed E-state index contributed by atoms with van der Waals surface area (Å²) in [5, 5.41) is 5.82. The Labute approximate surface area is 174 Å². The van der Waals surface area contributed by atoms with E-state index in [4.69, 9.17) is 0 Å². The number of nitrogens with zero attached hydrogens (tertiary/aromatic N) is 2. The van der Waals surface area contributed by atoms with Crippen molar-refractivity contribution in [3.63, 3.8) is 0 Å². The van der Waals surface area contributed by atoms with Crippen LogP contribution < -0.4 is 5.32 Å². The topological polar surface area (TPSA) is 45.2 Å². The van der Waals surface area contributed by atoms with Gasteiger partial charge in [-0.2, -0.15) is 0 Å². The predicted octanol–water partition coefficient (Wildman–Crippen LogP) is 4.94. The summed E-state index contributed by atoms with van der Waals surface area (Å²) in [5.41, 5.74) is 3.98. The molecule has 1 amide bonds. The minimum absolute atomic E-state index is 0.0504. The molecule has 0 spiro atoms. The van der Waals surface area contributed by atoms with Crippen LogP contribution in [0, 0.1) is 12.7 Å². The van der Waals surface area contributed by atoms with Crippen LogP contribution in [0.5, 0.6) is 0 Å². The summed E-state index contributed by atoms with van der Waals surface area (Å²) in [6.07, 6.45) is 2.66. The third-order valence-corrected chi connectivity index (χ3v) is 5.96. The Kier molecular flexibility index (Phi) is 6.02. The van der Waals surface area contributed by atoms with Gasteiger partial charge in [0.25, 0.3) is 0 Å². The summed E-state index contributed by atoms with van der Waals surface area (Å²) in [4.78, 5) is 19.4. The zero-order chi connectivity index (χ0) is 20.2. The molecule has 1 fully saturated rings. The van der Waals surface area contributed by atoms with Crippen LogP contribution in [0.25, 0.3) is 0 Å². The molecule has 1 aliphatic carbocycles. The van der Waals surface area contributed by atoms with E-state index < -0.39 is 0 Å². The lowest BCUT2D eigenvalue weighted by Gasteiger charge is -2.21. The lowest BCUT2D eigenvalue weighted by Crippen LogP contribution is -2.25. The van der Waals surface area contributed by atoms with Gasteiger partial charge in [0, 0.05) is 30.2 Å². The van der Waals surface area contributed by atoms with Crippen molar-refractivity contribution in [3.05, 3.63) is 81.6 Å². The van der Waals surface area contributed by atoms with Gasteiger partial charge in [0.2, 0.25) is 5.91 Å². The molecule has 2 aromatic carbocycles. The highest BCUT2D eigenvalue weighted by Gasteiger charge is 2.29. The van der Waals surface area contributed by atoms with Crippen LogP contribution in [0.3, 0.4) is 0 Å². The Morgan fingerprint density at radius 2 is 1.93 bits per heavy atom. The van der Waals surface area contributed by atoms with Gasteiger partial charge >= 0.3 is 0 Å². The Morgan fingerprint density at radius 3 is 2.66 bits per heavy atom. The number of halogens is 1. The zero-order valence-corrected chi connectivity index (χ0v) is 17.2. The summed E-state index contributed by atoms with van der Waals surface area (Å²) in [6.45, 7) is 3.51. The number of rotatable bonds is 8. The minimum atomic E-state index is -0.208. The Balaban J connectivity index is 1.35. The quantitative estimate of drug-likeness (QED) is 0.573. The van der Waals surface area contributed by atoms with E-state index in [2.05, 4.69) is 15.2 Å². The lowest BCUT2D eigenvalue weighted by molar-refractivity contribution is -0.115. The standard InChI is InChI=1S/C23H24FN3OS/c1-16-4-2-3-5-21(16)26-22(28)12-23-25-19(15-29-23)14-27(20-10-11-20)13-17-6-8-18(24)9-7-17/h2-9,15,20H,10-14H2,1H3,(H,26,28). The van der Waals surface area contributed by atoms with E-state index in [1.807, 2.05) is 48.7 Å². The van der Waals surface area contributed by atoms with Gasteiger partial charge in [-0.3, -0.25) is 9.69 Å². The second-order valence-corrected chi connectivity index (χ2v) is 8.48. The van der Waals surface area contributed by atoms with Gasteiger partial charge in [-0.05, 0) is 49.1 Å². The fourth-order valence-electron chi connectivity index (χ4n) is 3.33. The minimum Gasteiger partial charge on any atom is -0.325 e. The van der Waals surface area contributed by atoms with Crippen LogP contribution in [0.15, 0.2) is 53.9 Å². The highest BCUT2D eigenvalue weighted by atomic mass is 32.1. The van der Waals surface area contributed by atoms with Gasteiger partial charge in [0.05, 0.1) is 12.1 Å². The second-order valence-electron chi connectivity index (χ2n) is 7.54. The van der Waals surface area contributed by atoms with Crippen LogP contribution in [0.4, 0.5) is 10.1 Å². The fourth-order valence-corrected chi connectivity index (χ4v) is 4.12. The van der Waals surface area contributed by atoms with E-state index in [1.54, 1.807) is 0 Å². The number of carbonyl (C=O) groups is 1. The van der Waals surface area contributed by atoms with Gasteiger partial charge in [0.1, 0.15) is 10.8 Å². The largest absolute Gasteiger partial charge is 0.325 e. The number of anilines is 1. The van der Waals surface area contributed by atoms with Crippen LogP contribution in [-0.2, 0) is 24.3 Å². The first-order valence-corrected chi connectivity index (χ1v) is 10.7. The van der Waals surface area contributed by atoms with Gasteiger partial charge in [0.15, 0.2) is 0 Å². The normalized spacial score (nSPS) is 13.6. The number of benzene rings is 2. The van der Waals surface area contributed by atoms with Crippen LogP contribution >= 0.6 is 11.3 Å². The third kappa shape index (κ3) is 5.49. The summed E-state index contributed by atoms with van der Waals surface area (Å²) < 4.78 is 13.2. The van der Waals surface area contributed by atoms with E-state index in [1.165, 1.54) is 36.3 Å². The molecule has 1 N–H and O–H groups in total. The number of nitrogens with one attached hydrogen (secondary N) is 1. The molecule has 1 aromatic heterocycles. The Morgan fingerprint density at radius 1 is 1.17 bits per heavy atom. The highest BCUT2D eigenvalue weighted by Crippen LogP contribution is 2.30. The number of carbonyl (C=O) groups excluding carboxylic acids is 1. The van der Waals surface area contributed by atoms with Crippen molar-refractivity contribution in [2.75, 3.05) is 5.32 Å². The molecule has 1 saturated carbocycles. The van der Waals surface area contributed by atoms with Crippen molar-refractivity contribution in [2.24, 2.45) is 0 Å². The van der Waals surface area contributed by atoms with Crippen molar-refractivity contribution in [3.8, 4) is 0 Å². The molecule has 0 saturated heterocycles. The second kappa shape index (κ2) is 8.84. The van der Waals surface area contributed by atoms with Crippen molar-refractivity contribution in [1.29, 1.82) is 0 Å². The molecule has 0 atom stereocenters. The number of hydrogen-bond acceptors (Lipinski definition) is 4. The molecule has 1 aliphatic rings. The third-order valence-electron chi connectivity index (χ3n) is 5.06. The van der Waals surface area contributed by atoms with Crippen molar-refractivity contribution in [2.45, 2.75) is 45.3 Å². The predicted molar refractivity (Wildman–Crippen MR) is 114 cm³/mol. The van der Waals surface area contributed by atoms with E-state index in [-0.39, 0.29) is 18.1 Å². The molecule has 0 unspecified atom stereocenters. The van der Waals surface area contributed by atoms with E-state index >= 15 is 0 Å². The molecule has 150 valence electrons. The number of thiazole rings is 1. The summed E-state index contributed by atoms with van der Waals surface area (Å²) >= 11 is 1.53. The lowest BCUT2D eigenvalue weighted by atomic mass is 10.2. The monoisotopic (exact) mass is 409 g/mol. The molecule has 0 aliphatic heterocycles. The SMILES string of the molecule is Cc1ccccc1NC(=O)Cc1nc(CN(Cc2ccc(F)cc2)C2CC2)cs1. The Hall–Kier alpha value is -2.57. The number of aromatic nitrogens is 1. The smallest absolute Gasteiger partial charge is 0.231 e. The maximum absolute atomic E-state index is 13.2. The molecule has 6 heteroatoms. The van der Waals surface area contributed by atoms with Crippen molar-refractivity contribution in [1.82, 2.24) is 9.88 Å². The van der Waals surface area contributed by atoms with Gasteiger partial charge in [-0.25, -0.2) is 9.37 Å². The first kappa shape index (κ1) is 19.7. The summed E-state index contributed by atoms with van der Waals surface area (Å²) in [7, 11) is 0. The number of para-hydroxylation sites is 1. The van der Waals surface area contributed by atoms with Crippen LogP contribution in [0.1, 0.15) is 34.7 Å². The van der Waals surface area contributed by atoms with Gasteiger partial charge < -0.3 is 5.32 Å². The van der Waals surface area contributed by atoms with Crippen molar-refractivity contribution < 1.29 is 9.18 Å². The van der Waals surface area contributed by atoms with E-state index in [0.717, 1.165) is 40.6 Å². The van der Waals surface area contributed by atoms with Crippen LogP contribution in [0.2, 0.25) is 0 Å². The number of aryl methyl sites for hydroxylation is 1. The summed E-state index contributed by atoms with van der Waals surface area (Å²) in [5.74, 6) is -0.259. The van der Waals surface area contributed by atoms with Gasteiger partial charge in [-0.1, -0.05) is 30.3 Å². The molecule has 4 nitrogen and oxygen atoms in total. The molecular formula is C23H24FN3OS. The Bertz CT molecular complexity index is 982. The zero-order valence-electron chi connectivity index (χ0n) is 16.4. The molecule has 4 rings (SSSR count). The summed E-state index contributed by atoms with van der Waals surface area (Å²) in [6, 6.07) is 15.0. The molecular weight excluding hydrogens is 385 g/mol. The maximum Gasteiger partial charge on any atom is 0.231 e. The molecule has 29 heavy (non-hydrogen) atoms. The van der Waals surface area contributed by atoms with Gasteiger partial charge in [-0.15, -0.1) is 11.3 Å². The fraction of sp³-hybridized carbons (Fsp3) is 0.304. The molecule has 0 radical (unpaired) electrons. The number of amides is 1. The molecule has 3 aromatic rings. The van der Waals surface area contributed by atoms with Crippen molar-refractivity contribution >= 4 is 22.9 Å². The van der Waals surface area contributed by atoms with Crippen LogP contribution in [-0.4, -0.2) is 21.8 Å². The molecule has 1 heterocycles. The first-order valence-electron chi connectivity index (χ1n) is 9.84. The highest BCUT2D eigenvalue weighted by molar-refractivity contribution is 7.09. The average Bonchev–Trinajstić information content (AvgIpc) is 3.46. The maximum atomic E-state index is 13.2.